The number of anilines is 4. The van der Waals surface area contributed by atoms with E-state index in [1.54, 1.807) is 31.1 Å². The number of guanidine groups is 3. The smallest absolute Gasteiger partial charge is 0.341 e. The zero-order valence-electron chi connectivity index (χ0n) is 37.6. The Hall–Kier alpha value is -7.50. The number of carbonyl (C=O) groups is 2. The van der Waals surface area contributed by atoms with E-state index < -0.39 is 45.6 Å². The number of amidine groups is 1. The number of rotatable bonds is 13. The van der Waals surface area contributed by atoms with Crippen molar-refractivity contribution in [2.24, 2.45) is 48.8 Å². The molecule has 0 amide bonds. The van der Waals surface area contributed by atoms with E-state index in [4.69, 9.17) is 34.4 Å². The predicted molar refractivity (Wildman–Crippen MR) is 258 cm³/mol. The van der Waals surface area contributed by atoms with Gasteiger partial charge >= 0.3 is 11.9 Å². The summed E-state index contributed by atoms with van der Waals surface area (Å²) < 4.78 is 34.9. The highest BCUT2D eigenvalue weighted by molar-refractivity contribution is 6.01. The molecule has 2 aliphatic heterocycles. The third-order valence-corrected chi connectivity index (χ3v) is 12.9. The molecular weight excluding hydrogens is 887 g/mol. The molecule has 24 heteroatoms. The molecular formula is C44H56F2N16O6. The molecule has 14 N–H and O–H groups in total. The molecule has 0 bridgehead atoms. The van der Waals surface area contributed by atoms with Crippen LogP contribution in [-0.4, -0.2) is 137 Å². The average Bonchev–Trinajstić information content (AvgIpc) is 4.24. The van der Waals surface area contributed by atoms with E-state index in [2.05, 4.69) is 20.0 Å². The number of aliphatic imine (C=N–C) groups is 4. The molecule has 2 aromatic heterocycles. The highest BCUT2D eigenvalue weighted by Gasteiger charge is 2.32. The van der Waals surface area contributed by atoms with Crippen LogP contribution in [-0.2, 0) is 0 Å². The number of carboxylic acid groups (broad SMARTS) is 2. The minimum atomic E-state index is -1.39. The summed E-state index contributed by atoms with van der Waals surface area (Å²) >= 11 is 0. The van der Waals surface area contributed by atoms with Crippen LogP contribution < -0.4 is 55.1 Å². The number of carboxylic acids is 2. The van der Waals surface area contributed by atoms with Gasteiger partial charge in [0, 0.05) is 89.9 Å². The van der Waals surface area contributed by atoms with Crippen LogP contribution in [0.3, 0.4) is 0 Å². The number of nitrogen functional groups attached to an aromatic ring is 2. The highest BCUT2D eigenvalue weighted by atomic mass is 19.1. The molecule has 4 heterocycles. The third kappa shape index (κ3) is 9.66. The van der Waals surface area contributed by atoms with E-state index in [9.17, 15) is 29.4 Å². The van der Waals surface area contributed by atoms with Crippen molar-refractivity contribution in [3.05, 3.63) is 67.7 Å². The molecule has 1 unspecified atom stereocenters. The third-order valence-electron chi connectivity index (χ3n) is 12.9. The van der Waals surface area contributed by atoms with Crippen molar-refractivity contribution in [3.8, 4) is 0 Å². The summed E-state index contributed by atoms with van der Waals surface area (Å²) in [7, 11) is 0. The fraction of sp³-hybridized carbons (Fsp3) is 0.455. The fourth-order valence-electron chi connectivity index (χ4n) is 8.80. The molecule has 2 aliphatic carbocycles. The van der Waals surface area contributed by atoms with Gasteiger partial charge in [0.15, 0.2) is 17.6 Å². The molecule has 68 heavy (non-hydrogen) atoms. The van der Waals surface area contributed by atoms with Crippen LogP contribution in [0.1, 0.15) is 71.8 Å². The summed E-state index contributed by atoms with van der Waals surface area (Å²) in [4.78, 5) is 74.3. The quantitative estimate of drug-likeness (QED) is 0.0528. The zero-order chi connectivity index (χ0) is 48.7. The fourth-order valence-corrected chi connectivity index (χ4v) is 8.80. The van der Waals surface area contributed by atoms with Crippen LogP contribution in [0.15, 0.2) is 54.1 Å². The molecule has 0 radical (unpaired) electrons. The first kappa shape index (κ1) is 47.0. The first-order valence-electron chi connectivity index (χ1n) is 22.5. The molecule has 8 rings (SSSR count). The van der Waals surface area contributed by atoms with Gasteiger partial charge in [0.25, 0.3) is 0 Å². The summed E-state index contributed by atoms with van der Waals surface area (Å²) in [6.07, 6.45) is 6.50. The van der Waals surface area contributed by atoms with E-state index >= 15 is 8.78 Å². The number of aromatic nitrogens is 2. The number of hydrogen-bond acceptors (Lipinski definition) is 11. The highest BCUT2D eigenvalue weighted by Crippen LogP contribution is 2.41. The number of fused-ring (bicyclic) bond motifs is 2. The summed E-state index contributed by atoms with van der Waals surface area (Å²) in [5, 5.41) is 18.9. The van der Waals surface area contributed by atoms with Gasteiger partial charge in [0.05, 0.1) is 51.1 Å². The number of hydrogen-bond donors (Lipinski definition) is 8. The number of piperazine rings is 2. The molecule has 4 aromatic rings. The van der Waals surface area contributed by atoms with Gasteiger partial charge in [-0.05, 0) is 50.2 Å². The Morgan fingerprint density at radius 1 is 0.706 bits per heavy atom. The Morgan fingerprint density at radius 3 is 1.62 bits per heavy atom. The summed E-state index contributed by atoms with van der Waals surface area (Å²) in [5.41, 5.74) is 35.1. The molecule has 1 atom stereocenters. The van der Waals surface area contributed by atoms with Gasteiger partial charge in [0.2, 0.25) is 22.8 Å². The maximum Gasteiger partial charge on any atom is 0.341 e. The normalized spacial score (nSPS) is 18.5. The Kier molecular flexibility index (Phi) is 13.1. The summed E-state index contributed by atoms with van der Waals surface area (Å²) in [6, 6.07) is 3.17. The summed E-state index contributed by atoms with van der Waals surface area (Å²) in [5.74, 6) is -3.86. The van der Waals surface area contributed by atoms with Crippen molar-refractivity contribution in [2.75, 3.05) is 93.3 Å². The van der Waals surface area contributed by atoms with Gasteiger partial charge in [-0.25, -0.2) is 18.4 Å². The van der Waals surface area contributed by atoms with E-state index in [0.717, 1.165) is 25.7 Å². The van der Waals surface area contributed by atoms with Crippen LogP contribution in [0, 0.1) is 17.6 Å². The number of nitrogens with two attached hydrogens (primary N) is 6. The first-order chi connectivity index (χ1) is 32.4. The van der Waals surface area contributed by atoms with Crippen LogP contribution in [0.25, 0.3) is 21.8 Å². The van der Waals surface area contributed by atoms with Crippen molar-refractivity contribution in [2.45, 2.75) is 51.1 Å². The largest absolute Gasteiger partial charge is 0.477 e. The van der Waals surface area contributed by atoms with E-state index in [1.165, 1.54) is 12.4 Å². The van der Waals surface area contributed by atoms with Gasteiger partial charge in [-0.15, -0.1) is 0 Å². The van der Waals surface area contributed by atoms with Crippen molar-refractivity contribution >= 4 is 80.2 Å². The lowest BCUT2D eigenvalue weighted by Gasteiger charge is -2.37. The molecule has 0 spiro atoms. The minimum absolute atomic E-state index is 0.00331. The average molecular weight is 943 g/mol. The molecule has 4 fully saturated rings. The molecule has 22 nitrogen and oxygen atoms in total. The van der Waals surface area contributed by atoms with Crippen molar-refractivity contribution < 1.29 is 28.6 Å². The second kappa shape index (κ2) is 19.0. The number of halogens is 2. The van der Waals surface area contributed by atoms with Gasteiger partial charge in [-0.3, -0.25) is 24.5 Å². The van der Waals surface area contributed by atoms with Crippen molar-refractivity contribution in [3.63, 3.8) is 0 Å². The van der Waals surface area contributed by atoms with Crippen molar-refractivity contribution in [1.82, 2.24) is 18.9 Å². The Labute approximate surface area is 387 Å². The molecule has 2 aromatic carbocycles. The topological polar surface area (TPSA) is 337 Å². The molecule has 2 saturated heterocycles. The number of benzene rings is 2. The number of pyridine rings is 2. The van der Waals surface area contributed by atoms with Gasteiger partial charge in [-0.2, -0.15) is 9.98 Å². The standard InChI is InChI=1S/C44H56F2N16O6/c1-22(18-54-43(51)56-44(52)60-14-12-59(13-15-60)30-17-28-33(37(49)35(30)46)39(64)26(41(67)68)20-62(28)24-4-5-24)6-7-53-42(50)55-31(47)21-57-8-10-58(11-9-57)29-16-27-32(36(48)34(29)45)38(63)25(40(65)66)19-61(27)23-2-3-23/h16-17,19-20,22-24H,2-15,18,21,48-49H2,1H3,(H,65,66)(H,67,68)(H4,47,50,53,55)(H4,51,52,54,56). The maximum absolute atomic E-state index is 15.7. The van der Waals surface area contributed by atoms with Gasteiger partial charge < -0.3 is 68.4 Å². The summed E-state index contributed by atoms with van der Waals surface area (Å²) in [6.45, 7) is 6.31. The first-order valence-corrected chi connectivity index (χ1v) is 22.5. The maximum atomic E-state index is 15.7. The van der Waals surface area contributed by atoms with E-state index in [-0.39, 0.29) is 75.2 Å². The Bertz CT molecular complexity index is 2930. The Morgan fingerprint density at radius 2 is 1.16 bits per heavy atom. The zero-order valence-corrected chi connectivity index (χ0v) is 37.6. The van der Waals surface area contributed by atoms with E-state index in [1.807, 2.05) is 16.7 Å². The van der Waals surface area contributed by atoms with Crippen LogP contribution >= 0.6 is 0 Å². The van der Waals surface area contributed by atoms with Crippen LogP contribution in [0.5, 0.6) is 0 Å². The second-order valence-corrected chi connectivity index (χ2v) is 17.8. The van der Waals surface area contributed by atoms with Crippen LogP contribution in [0.2, 0.25) is 0 Å². The second-order valence-electron chi connectivity index (χ2n) is 17.8. The lowest BCUT2D eigenvalue weighted by molar-refractivity contribution is 0.0684. The Balaban J connectivity index is 0.796. The molecule has 2 saturated carbocycles. The lowest BCUT2D eigenvalue weighted by Crippen LogP contribution is -2.51. The monoisotopic (exact) mass is 942 g/mol. The van der Waals surface area contributed by atoms with E-state index in [0.29, 0.717) is 89.4 Å². The van der Waals surface area contributed by atoms with Gasteiger partial charge in [0.1, 0.15) is 17.0 Å². The minimum Gasteiger partial charge on any atom is -0.477 e. The van der Waals surface area contributed by atoms with Crippen molar-refractivity contribution in [1.29, 1.82) is 0 Å². The SMILES string of the molecule is CC(CCN=C(N)/N=C(\N)CN1CCN(c2cc3c(c(N)c2F)c(=O)c(C(=O)O)cn3C2CC2)CC1)CN=C(N)/N=C(\N)N1CCN(c2cc3c(c(N)c2F)c(=O)c(C(=O)O)cn3C2CC2)CC1. The molecule has 4 aliphatic rings. The lowest BCUT2D eigenvalue weighted by atomic mass is 10.1. The van der Waals surface area contributed by atoms with Gasteiger partial charge in [-0.1, -0.05) is 6.92 Å². The molecule has 362 valence electrons. The van der Waals surface area contributed by atoms with Crippen LogP contribution in [0.4, 0.5) is 31.5 Å². The predicted octanol–water partition coefficient (Wildman–Crippen LogP) is 1.10. The number of nitrogens with zero attached hydrogens (tertiary/aromatic N) is 10. The number of aromatic carboxylic acids is 2.